The zero-order valence-electron chi connectivity index (χ0n) is 14.8. The van der Waals surface area contributed by atoms with Gasteiger partial charge in [0.1, 0.15) is 5.75 Å². The molecule has 7 heteroatoms. The molecule has 0 aromatic heterocycles. The Kier molecular flexibility index (Phi) is 4.94. The first-order valence-corrected chi connectivity index (χ1v) is 9.87. The Labute approximate surface area is 162 Å². The Morgan fingerprint density at radius 1 is 1.07 bits per heavy atom. The molecular formula is C20H21N3O3S. The highest BCUT2D eigenvalue weighted by molar-refractivity contribution is 8.01. The number of thioether (sulfide) groups is 1. The van der Waals surface area contributed by atoms with Gasteiger partial charge in [-0.25, -0.2) is 0 Å². The molecular weight excluding hydrogens is 362 g/mol. The van der Waals surface area contributed by atoms with Crippen molar-refractivity contribution in [3.8, 4) is 5.75 Å². The van der Waals surface area contributed by atoms with E-state index < -0.39 is 5.25 Å². The lowest BCUT2D eigenvalue weighted by Crippen LogP contribution is -2.49. The van der Waals surface area contributed by atoms with Gasteiger partial charge >= 0.3 is 0 Å². The summed E-state index contributed by atoms with van der Waals surface area (Å²) in [6, 6.07) is 14.9. The average molecular weight is 383 g/mol. The van der Waals surface area contributed by atoms with E-state index in [4.69, 9.17) is 0 Å². The Bertz CT molecular complexity index is 865. The second-order valence-electron chi connectivity index (χ2n) is 6.65. The monoisotopic (exact) mass is 383 g/mol. The molecule has 0 spiro atoms. The van der Waals surface area contributed by atoms with Crippen molar-refractivity contribution in [2.45, 2.75) is 16.6 Å². The number of phenols is 1. The smallest absolute Gasteiger partial charge is 0.238 e. The van der Waals surface area contributed by atoms with Gasteiger partial charge in [0.2, 0.25) is 11.8 Å². The van der Waals surface area contributed by atoms with E-state index in [1.807, 2.05) is 41.3 Å². The van der Waals surface area contributed by atoms with Crippen molar-refractivity contribution in [1.29, 1.82) is 0 Å². The maximum Gasteiger partial charge on any atom is 0.238 e. The van der Waals surface area contributed by atoms with Crippen LogP contribution in [0.25, 0.3) is 0 Å². The second-order valence-corrected chi connectivity index (χ2v) is 7.90. The average Bonchev–Trinajstić information content (AvgIpc) is 2.69. The van der Waals surface area contributed by atoms with Crippen LogP contribution in [0.2, 0.25) is 0 Å². The highest BCUT2D eigenvalue weighted by Crippen LogP contribution is 2.37. The van der Waals surface area contributed by atoms with Crippen LogP contribution < -0.4 is 10.2 Å². The van der Waals surface area contributed by atoms with E-state index >= 15 is 0 Å². The van der Waals surface area contributed by atoms with E-state index in [0.717, 1.165) is 16.3 Å². The predicted octanol–water partition coefficient (Wildman–Crippen LogP) is 2.54. The molecule has 2 amide bonds. The number of piperazine rings is 1. The van der Waals surface area contributed by atoms with Gasteiger partial charge in [0.25, 0.3) is 0 Å². The maximum absolute atomic E-state index is 12.7. The molecule has 1 atom stereocenters. The van der Waals surface area contributed by atoms with Gasteiger partial charge in [0.15, 0.2) is 0 Å². The molecule has 2 heterocycles. The lowest BCUT2D eigenvalue weighted by Gasteiger charge is -2.37. The Hall–Kier alpha value is -2.67. The normalized spacial score (nSPS) is 19.4. The number of anilines is 2. The van der Waals surface area contributed by atoms with Crippen LogP contribution in [-0.2, 0) is 9.59 Å². The Balaban J connectivity index is 1.35. The number of rotatable bonds is 3. The third kappa shape index (κ3) is 3.73. The van der Waals surface area contributed by atoms with Crippen molar-refractivity contribution in [3.05, 3.63) is 48.5 Å². The van der Waals surface area contributed by atoms with E-state index in [1.54, 1.807) is 12.1 Å². The fourth-order valence-corrected chi connectivity index (χ4v) is 4.54. The molecule has 0 radical (unpaired) electrons. The van der Waals surface area contributed by atoms with Gasteiger partial charge in [-0.05, 0) is 24.3 Å². The number of para-hydroxylation sites is 3. The van der Waals surface area contributed by atoms with Crippen LogP contribution in [0.5, 0.6) is 5.75 Å². The van der Waals surface area contributed by atoms with Crippen molar-refractivity contribution >= 4 is 35.0 Å². The van der Waals surface area contributed by atoms with Crippen molar-refractivity contribution in [3.63, 3.8) is 0 Å². The molecule has 140 valence electrons. The third-order valence-corrected chi connectivity index (χ3v) is 6.20. The Morgan fingerprint density at radius 2 is 1.78 bits per heavy atom. The first kappa shape index (κ1) is 17.7. The predicted molar refractivity (Wildman–Crippen MR) is 106 cm³/mol. The minimum atomic E-state index is -0.399. The number of nitrogens with zero attached hydrogens (tertiary/aromatic N) is 2. The van der Waals surface area contributed by atoms with Crippen LogP contribution in [-0.4, -0.2) is 53.2 Å². The summed E-state index contributed by atoms with van der Waals surface area (Å²) < 4.78 is 0. The molecule has 27 heavy (non-hydrogen) atoms. The maximum atomic E-state index is 12.7. The molecule has 0 bridgehead atoms. The number of phenolic OH excluding ortho intramolecular Hbond substituents is 1. The molecule has 4 rings (SSSR count). The van der Waals surface area contributed by atoms with Crippen LogP contribution in [0.3, 0.4) is 0 Å². The number of amides is 2. The molecule has 0 unspecified atom stereocenters. The summed E-state index contributed by atoms with van der Waals surface area (Å²) in [5.41, 5.74) is 1.61. The summed E-state index contributed by atoms with van der Waals surface area (Å²) >= 11 is 1.45. The summed E-state index contributed by atoms with van der Waals surface area (Å²) in [5, 5.41) is 12.5. The highest BCUT2D eigenvalue weighted by Gasteiger charge is 2.31. The second kappa shape index (κ2) is 7.52. The van der Waals surface area contributed by atoms with E-state index in [1.165, 1.54) is 11.8 Å². The van der Waals surface area contributed by atoms with Crippen LogP contribution in [0.4, 0.5) is 11.4 Å². The van der Waals surface area contributed by atoms with Gasteiger partial charge in [0, 0.05) is 37.5 Å². The number of hydrogen-bond acceptors (Lipinski definition) is 5. The quantitative estimate of drug-likeness (QED) is 0.852. The van der Waals surface area contributed by atoms with Crippen LogP contribution in [0.1, 0.15) is 6.42 Å². The molecule has 0 aliphatic carbocycles. The zero-order chi connectivity index (χ0) is 18.8. The molecule has 2 aliphatic rings. The Morgan fingerprint density at radius 3 is 2.56 bits per heavy atom. The van der Waals surface area contributed by atoms with E-state index in [2.05, 4.69) is 10.2 Å². The molecule has 2 aliphatic heterocycles. The van der Waals surface area contributed by atoms with Gasteiger partial charge in [0.05, 0.1) is 16.6 Å². The van der Waals surface area contributed by atoms with Crippen molar-refractivity contribution < 1.29 is 14.7 Å². The number of benzene rings is 2. The number of carbonyl (C=O) groups excluding carboxylic acids is 2. The molecule has 6 nitrogen and oxygen atoms in total. The molecule has 2 N–H and O–H groups in total. The summed E-state index contributed by atoms with van der Waals surface area (Å²) in [6.45, 7) is 2.50. The number of carbonyl (C=O) groups is 2. The van der Waals surface area contributed by atoms with Crippen LogP contribution in [0.15, 0.2) is 53.4 Å². The van der Waals surface area contributed by atoms with E-state index in [0.29, 0.717) is 26.2 Å². The van der Waals surface area contributed by atoms with Crippen LogP contribution >= 0.6 is 11.8 Å². The third-order valence-electron chi connectivity index (χ3n) is 4.92. The highest BCUT2D eigenvalue weighted by atomic mass is 32.2. The largest absolute Gasteiger partial charge is 0.506 e. The fourth-order valence-electron chi connectivity index (χ4n) is 3.44. The zero-order valence-corrected chi connectivity index (χ0v) is 15.6. The standard InChI is InChI=1S/C20H21N3O3S/c24-16-7-3-2-6-15(16)22-9-11-23(12-10-22)19(25)13-18-20(26)21-14-5-1-4-8-17(14)27-18/h1-8,18,24H,9-13H2,(H,21,26)/t18-/m1/s1. The van der Waals surface area contributed by atoms with Crippen LogP contribution in [0, 0.1) is 0 Å². The van der Waals surface area contributed by atoms with Gasteiger partial charge < -0.3 is 20.2 Å². The summed E-state index contributed by atoms with van der Waals surface area (Å²) in [5.74, 6) is 0.144. The van der Waals surface area contributed by atoms with Crippen molar-refractivity contribution in [2.75, 3.05) is 36.4 Å². The minimum Gasteiger partial charge on any atom is -0.506 e. The number of hydrogen-bond donors (Lipinski definition) is 2. The number of aromatic hydroxyl groups is 1. The number of fused-ring (bicyclic) bond motifs is 1. The van der Waals surface area contributed by atoms with Gasteiger partial charge in [-0.2, -0.15) is 0 Å². The minimum absolute atomic E-state index is 0.000959. The molecule has 1 fully saturated rings. The number of nitrogens with one attached hydrogen (secondary N) is 1. The SMILES string of the molecule is O=C1Nc2ccccc2S[C@@H]1CC(=O)N1CCN(c2ccccc2O)CC1. The molecule has 0 saturated carbocycles. The first-order valence-electron chi connectivity index (χ1n) is 8.99. The van der Waals surface area contributed by atoms with E-state index in [9.17, 15) is 14.7 Å². The topological polar surface area (TPSA) is 72.9 Å². The molecule has 2 aromatic carbocycles. The van der Waals surface area contributed by atoms with Gasteiger partial charge in [-0.1, -0.05) is 24.3 Å². The van der Waals surface area contributed by atoms with E-state index in [-0.39, 0.29) is 24.0 Å². The fraction of sp³-hybridized carbons (Fsp3) is 0.300. The summed E-state index contributed by atoms with van der Waals surface area (Å²) in [4.78, 5) is 29.9. The van der Waals surface area contributed by atoms with Gasteiger partial charge in [-0.3, -0.25) is 9.59 Å². The van der Waals surface area contributed by atoms with Crippen molar-refractivity contribution in [1.82, 2.24) is 4.90 Å². The van der Waals surface area contributed by atoms with Gasteiger partial charge in [-0.15, -0.1) is 11.8 Å². The molecule has 1 saturated heterocycles. The lowest BCUT2D eigenvalue weighted by atomic mass is 10.2. The summed E-state index contributed by atoms with van der Waals surface area (Å²) in [6.07, 6.45) is 0.196. The lowest BCUT2D eigenvalue weighted by molar-refractivity contribution is -0.132. The summed E-state index contributed by atoms with van der Waals surface area (Å²) in [7, 11) is 0. The van der Waals surface area contributed by atoms with Crippen molar-refractivity contribution in [2.24, 2.45) is 0 Å². The molecule has 2 aromatic rings. The first-order chi connectivity index (χ1) is 13.1.